The molecule has 0 saturated heterocycles. The maximum absolute atomic E-state index is 11.6. The van der Waals surface area contributed by atoms with E-state index in [0.717, 1.165) is 6.54 Å². The van der Waals surface area contributed by atoms with Crippen LogP contribution in [0.25, 0.3) is 0 Å². The van der Waals surface area contributed by atoms with E-state index < -0.39 is 11.2 Å². The second-order valence-corrected chi connectivity index (χ2v) is 4.30. The second kappa shape index (κ2) is 5.71. The lowest BCUT2D eigenvalue weighted by atomic mass is 10.3. The lowest BCUT2D eigenvalue weighted by Crippen LogP contribution is -2.29. The zero-order valence-electron chi connectivity index (χ0n) is 10.3. The molecule has 2 aromatic rings. The number of aromatic amines is 1. The molecular weight excluding hydrogens is 268 g/mol. The molecule has 0 unspecified atom stereocenters. The number of hydrogen-bond donors (Lipinski definition) is 2. The molecule has 0 aromatic carbocycles. The van der Waals surface area contributed by atoms with E-state index in [2.05, 4.69) is 15.3 Å². The molecule has 6 nitrogen and oxygen atoms in total. The van der Waals surface area contributed by atoms with Gasteiger partial charge in [0.15, 0.2) is 0 Å². The molecule has 2 N–H and O–H groups in total. The first-order valence-electron chi connectivity index (χ1n) is 5.79. The van der Waals surface area contributed by atoms with Crippen LogP contribution in [0.1, 0.15) is 12.6 Å². The molecule has 0 atom stereocenters. The molecule has 0 aliphatic rings. The van der Waals surface area contributed by atoms with Gasteiger partial charge in [0, 0.05) is 18.8 Å². The molecule has 2 heterocycles. The Morgan fingerprint density at radius 2 is 2.16 bits per heavy atom. The number of nitrogens with zero attached hydrogens (tertiary/aromatic N) is 2. The normalized spacial score (nSPS) is 10.4. The number of H-pyrrole nitrogens is 1. The number of hydrogen-bond acceptors (Lipinski definition) is 4. The van der Waals surface area contributed by atoms with Crippen molar-refractivity contribution in [3.63, 3.8) is 0 Å². The van der Waals surface area contributed by atoms with Crippen molar-refractivity contribution in [3.05, 3.63) is 56.0 Å². The summed E-state index contributed by atoms with van der Waals surface area (Å²) in [5.74, 6) is 0.694. The molecule has 0 aliphatic heterocycles. The van der Waals surface area contributed by atoms with Gasteiger partial charge in [-0.15, -0.1) is 0 Å². The smallest absolute Gasteiger partial charge is 0.328 e. The van der Waals surface area contributed by atoms with Crippen LogP contribution >= 0.6 is 11.6 Å². The van der Waals surface area contributed by atoms with E-state index in [0.29, 0.717) is 16.5 Å². The third-order valence-electron chi connectivity index (χ3n) is 2.49. The van der Waals surface area contributed by atoms with Gasteiger partial charge in [0.2, 0.25) is 0 Å². The zero-order valence-corrected chi connectivity index (χ0v) is 11.1. The summed E-state index contributed by atoms with van der Waals surface area (Å²) in [4.78, 5) is 29.1. The molecule has 2 rings (SSSR count). The minimum Gasteiger partial charge on any atom is -0.370 e. The Morgan fingerprint density at radius 1 is 1.37 bits per heavy atom. The topological polar surface area (TPSA) is 79.8 Å². The average molecular weight is 281 g/mol. The van der Waals surface area contributed by atoms with Crippen LogP contribution in [0.2, 0.25) is 5.02 Å². The van der Waals surface area contributed by atoms with Crippen molar-refractivity contribution in [1.82, 2.24) is 14.5 Å². The fourth-order valence-corrected chi connectivity index (χ4v) is 1.77. The van der Waals surface area contributed by atoms with E-state index in [4.69, 9.17) is 11.6 Å². The number of rotatable bonds is 4. The van der Waals surface area contributed by atoms with Gasteiger partial charge in [-0.1, -0.05) is 11.6 Å². The summed E-state index contributed by atoms with van der Waals surface area (Å²) in [6.45, 7) is 2.91. The van der Waals surface area contributed by atoms with Crippen LogP contribution in [-0.4, -0.2) is 21.1 Å². The average Bonchev–Trinajstić information content (AvgIpc) is 2.37. The Labute approximate surface area is 114 Å². The summed E-state index contributed by atoms with van der Waals surface area (Å²) in [5, 5.41) is 3.54. The summed E-state index contributed by atoms with van der Waals surface area (Å²) in [7, 11) is 0. The van der Waals surface area contributed by atoms with Gasteiger partial charge in [0.05, 0.1) is 17.3 Å². The van der Waals surface area contributed by atoms with Crippen molar-refractivity contribution in [3.8, 4) is 0 Å². The molecule has 100 valence electrons. The summed E-state index contributed by atoms with van der Waals surface area (Å²) < 4.78 is 1.34. The van der Waals surface area contributed by atoms with Crippen molar-refractivity contribution in [2.75, 3.05) is 11.9 Å². The lowest BCUT2D eigenvalue weighted by Gasteiger charge is -2.09. The summed E-state index contributed by atoms with van der Waals surface area (Å²) >= 11 is 6.05. The third kappa shape index (κ3) is 3.23. The van der Waals surface area contributed by atoms with Crippen LogP contribution < -0.4 is 16.6 Å². The quantitative estimate of drug-likeness (QED) is 0.878. The largest absolute Gasteiger partial charge is 0.370 e. The molecular formula is C12H13ClN4O2. The van der Waals surface area contributed by atoms with Crippen LogP contribution in [0.3, 0.4) is 0 Å². The van der Waals surface area contributed by atoms with Crippen LogP contribution in [-0.2, 0) is 6.54 Å². The Bertz CT molecular complexity index is 693. The van der Waals surface area contributed by atoms with Crippen molar-refractivity contribution in [2.24, 2.45) is 0 Å². The van der Waals surface area contributed by atoms with Crippen molar-refractivity contribution >= 4 is 17.4 Å². The fourth-order valence-electron chi connectivity index (χ4n) is 1.60. The Morgan fingerprint density at radius 3 is 2.84 bits per heavy atom. The maximum Gasteiger partial charge on any atom is 0.328 e. The van der Waals surface area contributed by atoms with Gasteiger partial charge in [-0.25, -0.2) is 9.78 Å². The van der Waals surface area contributed by atoms with Crippen LogP contribution in [0.4, 0.5) is 5.82 Å². The zero-order chi connectivity index (χ0) is 13.8. The van der Waals surface area contributed by atoms with Crippen LogP contribution in [0, 0.1) is 0 Å². The van der Waals surface area contributed by atoms with E-state index in [1.807, 2.05) is 6.92 Å². The monoisotopic (exact) mass is 280 g/mol. The van der Waals surface area contributed by atoms with Gasteiger partial charge >= 0.3 is 5.69 Å². The summed E-state index contributed by atoms with van der Waals surface area (Å²) in [5.41, 5.74) is -0.352. The lowest BCUT2D eigenvalue weighted by molar-refractivity contribution is 0.705. The number of anilines is 1. The molecule has 7 heteroatoms. The van der Waals surface area contributed by atoms with Crippen molar-refractivity contribution < 1.29 is 0 Å². The minimum atomic E-state index is -0.487. The number of nitrogens with one attached hydrogen (secondary N) is 2. The second-order valence-electron chi connectivity index (χ2n) is 3.89. The van der Waals surface area contributed by atoms with Crippen molar-refractivity contribution in [2.45, 2.75) is 13.5 Å². The highest BCUT2D eigenvalue weighted by Crippen LogP contribution is 2.17. The molecule has 0 saturated carbocycles. The van der Waals surface area contributed by atoms with Gasteiger partial charge in [0.1, 0.15) is 5.82 Å². The Kier molecular flexibility index (Phi) is 4.01. The van der Waals surface area contributed by atoms with Gasteiger partial charge in [-0.3, -0.25) is 14.3 Å². The molecule has 0 spiro atoms. The van der Waals surface area contributed by atoms with Crippen LogP contribution in [0.15, 0.2) is 34.0 Å². The first-order chi connectivity index (χ1) is 9.10. The molecule has 0 bridgehead atoms. The molecule has 2 aromatic heterocycles. The number of pyridine rings is 1. The van der Waals surface area contributed by atoms with Gasteiger partial charge in [0.25, 0.3) is 5.56 Å². The van der Waals surface area contributed by atoms with E-state index in [1.54, 1.807) is 12.1 Å². The SMILES string of the molecule is CCNc1ccc(Cl)c(Cn2ccc(=O)[nH]c2=O)n1. The minimum absolute atomic E-state index is 0.202. The first-order valence-corrected chi connectivity index (χ1v) is 6.17. The molecule has 0 fully saturated rings. The molecule has 0 radical (unpaired) electrons. The predicted octanol–water partition coefficient (Wildman–Crippen LogP) is 1.07. The third-order valence-corrected chi connectivity index (χ3v) is 2.84. The number of aromatic nitrogens is 3. The molecule has 0 amide bonds. The molecule has 0 aliphatic carbocycles. The highest BCUT2D eigenvalue weighted by atomic mass is 35.5. The van der Waals surface area contributed by atoms with Crippen molar-refractivity contribution in [1.29, 1.82) is 0 Å². The van der Waals surface area contributed by atoms with Gasteiger partial charge in [-0.05, 0) is 19.1 Å². The number of halogens is 1. The van der Waals surface area contributed by atoms with E-state index >= 15 is 0 Å². The molecule has 19 heavy (non-hydrogen) atoms. The van der Waals surface area contributed by atoms with Crippen LogP contribution in [0.5, 0.6) is 0 Å². The summed E-state index contributed by atoms with van der Waals surface area (Å²) in [6, 6.07) is 4.77. The van der Waals surface area contributed by atoms with Gasteiger partial charge in [-0.2, -0.15) is 0 Å². The Hall–Kier alpha value is -2.08. The van der Waals surface area contributed by atoms with Gasteiger partial charge < -0.3 is 5.32 Å². The first kappa shape index (κ1) is 13.4. The maximum atomic E-state index is 11.6. The summed E-state index contributed by atoms with van der Waals surface area (Å²) in [6.07, 6.45) is 1.42. The van der Waals surface area contributed by atoms with E-state index in [1.165, 1.54) is 16.8 Å². The van der Waals surface area contributed by atoms with E-state index in [9.17, 15) is 9.59 Å². The highest BCUT2D eigenvalue weighted by molar-refractivity contribution is 6.31. The predicted molar refractivity (Wildman–Crippen MR) is 73.8 cm³/mol. The Balaban J connectivity index is 2.34. The highest BCUT2D eigenvalue weighted by Gasteiger charge is 2.06. The standard InChI is InChI=1S/C12H13ClN4O2/c1-2-14-10-4-3-8(13)9(15-10)7-17-6-5-11(18)16-12(17)19/h3-6H,2,7H2,1H3,(H,14,15)(H,16,18,19). The fraction of sp³-hybridized carbons (Fsp3) is 0.250. The van der Waals surface area contributed by atoms with E-state index in [-0.39, 0.29) is 6.54 Å².